The fraction of sp³-hybridized carbons (Fsp3) is 0.571. The minimum Gasteiger partial charge on any atom is -0.497 e. The molecule has 1 aromatic carbocycles. The van der Waals surface area contributed by atoms with Gasteiger partial charge in [0.25, 0.3) is 0 Å². The summed E-state index contributed by atoms with van der Waals surface area (Å²) in [5.41, 5.74) is 8.69. The highest BCUT2D eigenvalue weighted by molar-refractivity contribution is 5.37. The van der Waals surface area contributed by atoms with Crippen LogP contribution in [0, 0.1) is 11.8 Å². The first-order chi connectivity index (χ1) is 7.74. The Bertz CT molecular complexity index is 362. The third-order valence-corrected chi connectivity index (χ3v) is 3.86. The van der Waals surface area contributed by atoms with Gasteiger partial charge in [-0.3, -0.25) is 0 Å². The van der Waals surface area contributed by atoms with Crippen LogP contribution in [-0.4, -0.2) is 13.7 Å². The normalized spacial score (nSPS) is 21.3. The number of methoxy groups -OCH3 is 1. The highest BCUT2D eigenvalue weighted by Gasteiger charge is 2.22. The average Bonchev–Trinajstić information content (AvgIpc) is 2.36. The molecule has 16 heavy (non-hydrogen) atoms. The lowest BCUT2D eigenvalue weighted by atomic mass is 9.77. The number of hydrogen-bond donors (Lipinski definition) is 1. The lowest BCUT2D eigenvalue weighted by molar-refractivity contribution is 0.326. The minimum absolute atomic E-state index is 0.634. The Hall–Kier alpha value is -1.02. The van der Waals surface area contributed by atoms with Crippen LogP contribution in [0.15, 0.2) is 18.2 Å². The van der Waals surface area contributed by atoms with Gasteiger partial charge in [0.15, 0.2) is 0 Å². The molecule has 1 aliphatic carbocycles. The van der Waals surface area contributed by atoms with Crippen molar-refractivity contribution in [1.82, 2.24) is 0 Å². The van der Waals surface area contributed by atoms with E-state index >= 15 is 0 Å². The van der Waals surface area contributed by atoms with Crippen molar-refractivity contribution >= 4 is 0 Å². The molecule has 2 heteroatoms. The Kier molecular flexibility index (Phi) is 3.49. The summed E-state index contributed by atoms with van der Waals surface area (Å²) in [6.45, 7) is 3.06. The van der Waals surface area contributed by atoms with Gasteiger partial charge in [0.2, 0.25) is 0 Å². The first-order valence-corrected chi connectivity index (χ1v) is 6.10. The van der Waals surface area contributed by atoms with Gasteiger partial charge in [-0.05, 0) is 60.9 Å². The molecular weight excluding hydrogens is 198 g/mol. The Balaban J connectivity index is 2.15. The van der Waals surface area contributed by atoms with Gasteiger partial charge >= 0.3 is 0 Å². The van der Waals surface area contributed by atoms with Gasteiger partial charge in [0.05, 0.1) is 7.11 Å². The summed E-state index contributed by atoms with van der Waals surface area (Å²) in [6, 6.07) is 6.45. The van der Waals surface area contributed by atoms with Crippen LogP contribution in [0.25, 0.3) is 0 Å². The molecule has 0 fully saturated rings. The molecule has 0 aromatic heterocycles. The predicted octanol–water partition coefficient (Wildman–Crippen LogP) is 2.39. The molecule has 1 aromatic rings. The Morgan fingerprint density at radius 1 is 1.44 bits per heavy atom. The lowest BCUT2D eigenvalue weighted by Gasteiger charge is -2.29. The van der Waals surface area contributed by atoms with Crippen LogP contribution >= 0.6 is 0 Å². The number of nitrogens with two attached hydrogens (primary N) is 1. The number of hydrogen-bond acceptors (Lipinski definition) is 2. The van der Waals surface area contributed by atoms with Gasteiger partial charge in [0, 0.05) is 0 Å². The predicted molar refractivity (Wildman–Crippen MR) is 66.7 cm³/mol. The summed E-state index contributed by atoms with van der Waals surface area (Å²) in [6.07, 6.45) is 3.61. The maximum absolute atomic E-state index is 5.75. The molecule has 0 bridgehead atoms. The van der Waals surface area contributed by atoms with Crippen molar-refractivity contribution in [2.24, 2.45) is 17.6 Å². The molecule has 2 rings (SSSR count). The smallest absolute Gasteiger partial charge is 0.119 e. The van der Waals surface area contributed by atoms with Crippen molar-refractivity contribution in [3.63, 3.8) is 0 Å². The second-order valence-corrected chi connectivity index (χ2v) is 4.85. The number of fused-ring (bicyclic) bond motifs is 1. The van der Waals surface area contributed by atoms with E-state index in [-0.39, 0.29) is 0 Å². The quantitative estimate of drug-likeness (QED) is 0.847. The third kappa shape index (κ3) is 2.22. The molecule has 1 aliphatic rings. The molecular formula is C14H21NO. The van der Waals surface area contributed by atoms with Gasteiger partial charge in [-0.25, -0.2) is 0 Å². The maximum Gasteiger partial charge on any atom is 0.119 e. The van der Waals surface area contributed by atoms with E-state index in [0.717, 1.165) is 18.2 Å². The largest absolute Gasteiger partial charge is 0.497 e. The molecule has 88 valence electrons. The van der Waals surface area contributed by atoms with E-state index in [1.165, 1.54) is 30.4 Å². The average molecular weight is 219 g/mol. The van der Waals surface area contributed by atoms with Crippen LogP contribution in [0.4, 0.5) is 0 Å². The van der Waals surface area contributed by atoms with E-state index in [9.17, 15) is 0 Å². The molecule has 2 atom stereocenters. The van der Waals surface area contributed by atoms with Crippen LogP contribution in [0.1, 0.15) is 24.5 Å². The van der Waals surface area contributed by atoms with Crippen LogP contribution < -0.4 is 10.5 Å². The second-order valence-electron chi connectivity index (χ2n) is 4.85. The number of aryl methyl sites for hydroxylation is 1. The maximum atomic E-state index is 5.75. The fourth-order valence-corrected chi connectivity index (χ4v) is 2.56. The summed E-state index contributed by atoms with van der Waals surface area (Å²) >= 11 is 0. The summed E-state index contributed by atoms with van der Waals surface area (Å²) in [7, 11) is 1.73. The van der Waals surface area contributed by atoms with Crippen LogP contribution in [0.2, 0.25) is 0 Å². The molecule has 2 nitrogen and oxygen atoms in total. The Labute approximate surface area is 97.8 Å². The van der Waals surface area contributed by atoms with E-state index in [2.05, 4.69) is 25.1 Å². The van der Waals surface area contributed by atoms with Gasteiger partial charge in [-0.1, -0.05) is 13.0 Å². The van der Waals surface area contributed by atoms with Gasteiger partial charge in [-0.2, -0.15) is 0 Å². The highest BCUT2D eigenvalue weighted by Crippen LogP contribution is 2.31. The van der Waals surface area contributed by atoms with E-state index in [1.807, 2.05) is 0 Å². The zero-order valence-corrected chi connectivity index (χ0v) is 10.2. The molecule has 0 aliphatic heterocycles. The SMILES string of the molecule is COc1ccc2c(c1)CCC(C(C)CN)C2. The monoisotopic (exact) mass is 219 g/mol. The summed E-state index contributed by atoms with van der Waals surface area (Å²) in [5.74, 6) is 2.37. The van der Waals surface area contributed by atoms with Crippen molar-refractivity contribution < 1.29 is 4.74 Å². The zero-order valence-electron chi connectivity index (χ0n) is 10.2. The minimum atomic E-state index is 0.634. The van der Waals surface area contributed by atoms with E-state index in [1.54, 1.807) is 7.11 Å². The van der Waals surface area contributed by atoms with Crippen LogP contribution in [0.3, 0.4) is 0 Å². The Morgan fingerprint density at radius 3 is 2.94 bits per heavy atom. The zero-order chi connectivity index (χ0) is 11.5. The molecule has 0 amide bonds. The summed E-state index contributed by atoms with van der Waals surface area (Å²) in [5, 5.41) is 0. The fourth-order valence-electron chi connectivity index (χ4n) is 2.56. The van der Waals surface area contributed by atoms with Crippen LogP contribution in [-0.2, 0) is 12.8 Å². The molecule has 0 radical (unpaired) electrons. The molecule has 2 unspecified atom stereocenters. The number of rotatable bonds is 3. The molecule has 0 spiro atoms. The molecule has 0 saturated carbocycles. The lowest BCUT2D eigenvalue weighted by Crippen LogP contribution is -2.26. The van der Waals surface area contributed by atoms with Crippen LogP contribution in [0.5, 0.6) is 5.75 Å². The number of ether oxygens (including phenoxy) is 1. The van der Waals surface area contributed by atoms with Gasteiger partial charge in [0.1, 0.15) is 5.75 Å². The van der Waals surface area contributed by atoms with Gasteiger partial charge < -0.3 is 10.5 Å². The van der Waals surface area contributed by atoms with Crippen molar-refractivity contribution in [3.8, 4) is 5.75 Å². The molecule has 0 saturated heterocycles. The third-order valence-electron chi connectivity index (χ3n) is 3.86. The second kappa shape index (κ2) is 4.88. The van der Waals surface area contributed by atoms with Crippen molar-refractivity contribution in [3.05, 3.63) is 29.3 Å². The first-order valence-electron chi connectivity index (χ1n) is 6.10. The van der Waals surface area contributed by atoms with Crippen molar-refractivity contribution in [1.29, 1.82) is 0 Å². The summed E-state index contributed by atoms with van der Waals surface area (Å²) in [4.78, 5) is 0. The molecule has 0 heterocycles. The highest BCUT2D eigenvalue weighted by atomic mass is 16.5. The standard InChI is InChI=1S/C14H21NO/c1-10(9-15)11-3-4-13-8-14(16-2)6-5-12(13)7-11/h5-6,8,10-11H,3-4,7,9,15H2,1-2H3. The molecule has 2 N–H and O–H groups in total. The van der Waals surface area contributed by atoms with E-state index in [0.29, 0.717) is 5.92 Å². The van der Waals surface area contributed by atoms with Crippen molar-refractivity contribution in [2.45, 2.75) is 26.2 Å². The van der Waals surface area contributed by atoms with Crippen molar-refractivity contribution in [2.75, 3.05) is 13.7 Å². The van der Waals surface area contributed by atoms with E-state index < -0.39 is 0 Å². The first kappa shape index (κ1) is 11.5. The summed E-state index contributed by atoms with van der Waals surface area (Å²) < 4.78 is 5.26. The Morgan fingerprint density at radius 2 is 2.25 bits per heavy atom. The topological polar surface area (TPSA) is 35.2 Å². The number of benzene rings is 1. The van der Waals surface area contributed by atoms with E-state index in [4.69, 9.17) is 10.5 Å². The van der Waals surface area contributed by atoms with Gasteiger partial charge in [-0.15, -0.1) is 0 Å².